The molecule has 0 unspecified atom stereocenters. The van der Waals surface area contributed by atoms with Gasteiger partial charge in [0.25, 0.3) is 0 Å². The Bertz CT molecular complexity index is 793. The third-order valence-electron chi connectivity index (χ3n) is 3.59. The predicted octanol–water partition coefficient (Wildman–Crippen LogP) is 0.933. The number of nitrogens with one attached hydrogen (secondary N) is 4. The highest BCUT2D eigenvalue weighted by Crippen LogP contribution is 2.23. The summed E-state index contributed by atoms with van der Waals surface area (Å²) in [4.78, 5) is 24.5. The van der Waals surface area contributed by atoms with E-state index < -0.39 is 0 Å². The number of rotatable bonds is 2. The van der Waals surface area contributed by atoms with Crippen LogP contribution in [0, 0.1) is 0 Å². The lowest BCUT2D eigenvalue weighted by Gasteiger charge is -2.24. The molecule has 0 atom stereocenters. The Morgan fingerprint density at radius 3 is 2.74 bits per heavy atom. The number of aromatic amines is 3. The lowest BCUT2D eigenvalue weighted by atomic mass is 10.0. The van der Waals surface area contributed by atoms with Crippen molar-refractivity contribution in [2.45, 2.75) is 5.92 Å². The molecule has 1 aliphatic heterocycles. The first kappa shape index (κ1) is 10.6. The smallest absolute Gasteiger partial charge is 0.323 e. The Labute approximate surface area is 108 Å². The van der Waals surface area contributed by atoms with Crippen molar-refractivity contribution in [1.82, 2.24) is 25.3 Å². The average Bonchev–Trinajstić information content (AvgIpc) is 2.91. The average molecular weight is 255 g/mol. The number of benzene rings is 1. The van der Waals surface area contributed by atoms with E-state index in [0.29, 0.717) is 5.92 Å². The topological polar surface area (TPSA) is 89.4 Å². The van der Waals surface area contributed by atoms with Crippen LogP contribution in [0.5, 0.6) is 0 Å². The van der Waals surface area contributed by atoms with E-state index in [9.17, 15) is 4.79 Å². The van der Waals surface area contributed by atoms with Crippen molar-refractivity contribution in [2.24, 2.45) is 0 Å². The van der Waals surface area contributed by atoms with Crippen LogP contribution in [0.15, 0.2) is 29.2 Å². The molecule has 0 saturated carbocycles. The van der Waals surface area contributed by atoms with Gasteiger partial charge in [-0.1, -0.05) is 6.07 Å². The molecule has 1 fully saturated rings. The van der Waals surface area contributed by atoms with Crippen molar-refractivity contribution in [3.63, 3.8) is 0 Å². The fraction of sp³-hybridized carbons (Fsp3) is 0.231. The van der Waals surface area contributed by atoms with Gasteiger partial charge in [-0.25, -0.2) is 9.78 Å². The lowest BCUT2D eigenvalue weighted by molar-refractivity contribution is 0.433. The Morgan fingerprint density at radius 2 is 1.95 bits per heavy atom. The monoisotopic (exact) mass is 255 g/mol. The largest absolute Gasteiger partial charge is 0.342 e. The van der Waals surface area contributed by atoms with Gasteiger partial charge in [-0.3, -0.25) is 0 Å². The molecule has 0 bridgehead atoms. The number of aromatic nitrogens is 4. The van der Waals surface area contributed by atoms with Crippen molar-refractivity contribution in [2.75, 3.05) is 13.1 Å². The summed E-state index contributed by atoms with van der Waals surface area (Å²) in [6.45, 7) is 1.97. The number of hydrogen-bond acceptors (Lipinski definition) is 3. The van der Waals surface area contributed by atoms with Crippen molar-refractivity contribution in [3.8, 4) is 11.3 Å². The lowest BCUT2D eigenvalue weighted by Crippen LogP contribution is -2.40. The van der Waals surface area contributed by atoms with Gasteiger partial charge in [0.15, 0.2) is 0 Å². The molecule has 96 valence electrons. The molecule has 1 aromatic carbocycles. The number of hydrogen-bond donors (Lipinski definition) is 4. The summed E-state index contributed by atoms with van der Waals surface area (Å²) >= 11 is 0. The second kappa shape index (κ2) is 3.83. The van der Waals surface area contributed by atoms with Gasteiger partial charge < -0.3 is 20.3 Å². The second-order valence-corrected chi connectivity index (χ2v) is 4.88. The highest BCUT2D eigenvalue weighted by atomic mass is 16.1. The summed E-state index contributed by atoms with van der Waals surface area (Å²) in [6, 6.07) is 5.82. The van der Waals surface area contributed by atoms with Gasteiger partial charge >= 0.3 is 5.69 Å². The highest BCUT2D eigenvalue weighted by molar-refractivity contribution is 5.80. The zero-order valence-electron chi connectivity index (χ0n) is 10.2. The van der Waals surface area contributed by atoms with Gasteiger partial charge in [0.2, 0.25) is 0 Å². The molecule has 3 aromatic rings. The van der Waals surface area contributed by atoms with Crippen molar-refractivity contribution in [1.29, 1.82) is 0 Å². The van der Waals surface area contributed by atoms with E-state index in [1.54, 1.807) is 0 Å². The van der Waals surface area contributed by atoms with E-state index in [-0.39, 0.29) is 5.69 Å². The first-order valence-corrected chi connectivity index (χ1v) is 6.27. The van der Waals surface area contributed by atoms with Crippen LogP contribution in [-0.4, -0.2) is 33.0 Å². The van der Waals surface area contributed by atoms with E-state index in [2.05, 4.69) is 25.3 Å². The van der Waals surface area contributed by atoms with E-state index in [0.717, 1.165) is 41.2 Å². The second-order valence-electron chi connectivity index (χ2n) is 4.88. The van der Waals surface area contributed by atoms with Gasteiger partial charge in [-0.2, -0.15) is 0 Å². The fourth-order valence-corrected chi connectivity index (χ4v) is 2.37. The zero-order valence-corrected chi connectivity index (χ0v) is 10.2. The van der Waals surface area contributed by atoms with E-state index >= 15 is 0 Å². The van der Waals surface area contributed by atoms with Gasteiger partial charge in [0.1, 0.15) is 5.82 Å². The molecule has 1 aliphatic rings. The van der Waals surface area contributed by atoms with Crippen LogP contribution < -0.4 is 11.0 Å². The molecule has 0 spiro atoms. The molecular formula is C13H13N5O. The van der Waals surface area contributed by atoms with Gasteiger partial charge in [-0.05, 0) is 12.1 Å². The third-order valence-corrected chi connectivity index (χ3v) is 3.59. The van der Waals surface area contributed by atoms with Crippen LogP contribution >= 0.6 is 0 Å². The molecule has 4 N–H and O–H groups in total. The third kappa shape index (κ3) is 1.68. The van der Waals surface area contributed by atoms with Crippen molar-refractivity contribution < 1.29 is 0 Å². The van der Waals surface area contributed by atoms with E-state index in [4.69, 9.17) is 0 Å². The summed E-state index contributed by atoms with van der Waals surface area (Å²) in [5.74, 6) is 1.51. The number of imidazole rings is 2. The Balaban J connectivity index is 1.76. The predicted molar refractivity (Wildman–Crippen MR) is 72.1 cm³/mol. The minimum atomic E-state index is -0.182. The van der Waals surface area contributed by atoms with Crippen LogP contribution in [0.4, 0.5) is 0 Å². The highest BCUT2D eigenvalue weighted by Gasteiger charge is 2.21. The number of H-pyrrole nitrogens is 3. The SMILES string of the molecule is O=c1[nH]c2ccc(-c3cnc(C4CNC4)[nH]3)cc2[nH]1. The molecule has 19 heavy (non-hydrogen) atoms. The van der Waals surface area contributed by atoms with Gasteiger partial charge in [0.05, 0.1) is 22.9 Å². The summed E-state index contributed by atoms with van der Waals surface area (Å²) in [5.41, 5.74) is 3.44. The molecular weight excluding hydrogens is 242 g/mol. The Kier molecular flexibility index (Phi) is 2.13. The summed E-state index contributed by atoms with van der Waals surface area (Å²) in [6.07, 6.45) is 1.85. The van der Waals surface area contributed by atoms with Crippen LogP contribution in [0.25, 0.3) is 22.3 Å². The normalized spacial score (nSPS) is 15.8. The van der Waals surface area contributed by atoms with E-state index in [1.807, 2.05) is 24.4 Å². The zero-order chi connectivity index (χ0) is 12.8. The van der Waals surface area contributed by atoms with Crippen LogP contribution in [0.2, 0.25) is 0 Å². The first-order chi connectivity index (χ1) is 9.29. The summed E-state index contributed by atoms with van der Waals surface area (Å²) < 4.78 is 0. The Morgan fingerprint density at radius 1 is 1.11 bits per heavy atom. The fourth-order valence-electron chi connectivity index (χ4n) is 2.37. The summed E-state index contributed by atoms with van der Waals surface area (Å²) in [5, 5.41) is 3.23. The molecule has 3 heterocycles. The maximum absolute atomic E-state index is 11.2. The number of nitrogens with zero attached hydrogens (tertiary/aromatic N) is 1. The van der Waals surface area contributed by atoms with Crippen molar-refractivity contribution in [3.05, 3.63) is 40.7 Å². The maximum atomic E-state index is 11.2. The van der Waals surface area contributed by atoms with Crippen molar-refractivity contribution >= 4 is 11.0 Å². The summed E-state index contributed by atoms with van der Waals surface area (Å²) in [7, 11) is 0. The first-order valence-electron chi connectivity index (χ1n) is 6.27. The quantitative estimate of drug-likeness (QED) is 0.549. The molecule has 1 saturated heterocycles. The molecule has 2 aromatic heterocycles. The Hall–Kier alpha value is -2.34. The minimum absolute atomic E-state index is 0.182. The van der Waals surface area contributed by atoms with E-state index in [1.165, 1.54) is 0 Å². The molecule has 4 rings (SSSR count). The van der Waals surface area contributed by atoms with Gasteiger partial charge in [0, 0.05) is 24.6 Å². The minimum Gasteiger partial charge on any atom is -0.342 e. The molecule has 6 heteroatoms. The maximum Gasteiger partial charge on any atom is 0.323 e. The molecule has 0 aliphatic carbocycles. The molecule has 0 radical (unpaired) electrons. The van der Waals surface area contributed by atoms with Crippen LogP contribution in [0.1, 0.15) is 11.7 Å². The number of fused-ring (bicyclic) bond motifs is 1. The molecule has 6 nitrogen and oxygen atoms in total. The molecule has 0 amide bonds. The standard InChI is InChI=1S/C13H13N5O/c19-13-17-9-2-1-7(3-10(9)18-13)11-6-15-12(16-11)8-4-14-5-8/h1-3,6,8,14H,4-5H2,(H,15,16)(H2,17,18,19). The van der Waals surface area contributed by atoms with Crippen LogP contribution in [0.3, 0.4) is 0 Å². The van der Waals surface area contributed by atoms with Gasteiger partial charge in [-0.15, -0.1) is 0 Å². The van der Waals surface area contributed by atoms with Crippen LogP contribution in [-0.2, 0) is 0 Å².